The minimum Gasteiger partial charge on any atom is -0.497 e. The van der Waals surface area contributed by atoms with Gasteiger partial charge in [0.25, 0.3) is 0 Å². The summed E-state index contributed by atoms with van der Waals surface area (Å²) < 4.78 is 23.4. The van der Waals surface area contributed by atoms with Crippen LogP contribution < -0.4 is 9.47 Å². The van der Waals surface area contributed by atoms with E-state index in [2.05, 4.69) is 0 Å². The van der Waals surface area contributed by atoms with E-state index in [0.717, 1.165) is 37.6 Å². The summed E-state index contributed by atoms with van der Waals surface area (Å²) in [5.41, 5.74) is 2.91. The third-order valence-corrected chi connectivity index (χ3v) is 6.77. The van der Waals surface area contributed by atoms with Crippen LogP contribution in [0.4, 0.5) is 0 Å². The molecule has 4 aromatic rings. The number of ketones is 1. The van der Waals surface area contributed by atoms with E-state index in [4.69, 9.17) is 18.9 Å². The van der Waals surface area contributed by atoms with Gasteiger partial charge in [0, 0.05) is 44.9 Å². The molecule has 0 bridgehead atoms. The quantitative estimate of drug-likeness (QED) is 0.184. The second-order valence-corrected chi connectivity index (χ2v) is 8.61. The smallest absolute Gasteiger partial charge is 0.195 e. The zero-order chi connectivity index (χ0) is 24.1. The number of thiophene rings is 1. The molecule has 3 aromatic carbocycles. The summed E-state index contributed by atoms with van der Waals surface area (Å²) in [6.45, 7) is 4.78. The van der Waals surface area contributed by atoms with Gasteiger partial charge in [-0.2, -0.15) is 0 Å². The van der Waals surface area contributed by atoms with Crippen LogP contribution in [0.2, 0.25) is 0 Å². The van der Waals surface area contributed by atoms with Crippen LogP contribution in [0.25, 0.3) is 20.5 Å². The predicted octanol–water partition coefficient (Wildman–Crippen LogP) is 6.89. The molecular weight excluding hydrogens is 448 g/mol. The van der Waals surface area contributed by atoms with Gasteiger partial charge in [0.2, 0.25) is 0 Å². The number of benzene rings is 3. The molecule has 0 atom stereocenters. The van der Waals surface area contributed by atoms with Crippen LogP contribution in [0.1, 0.15) is 41.6 Å². The summed E-state index contributed by atoms with van der Waals surface area (Å²) in [6.07, 6.45) is -0.607. The van der Waals surface area contributed by atoms with Crippen molar-refractivity contribution in [3.8, 4) is 21.9 Å². The van der Waals surface area contributed by atoms with Crippen molar-refractivity contribution in [2.24, 2.45) is 0 Å². The normalized spacial score (nSPS) is 11.2. The molecule has 0 unspecified atom stereocenters. The lowest BCUT2D eigenvalue weighted by atomic mass is 9.94. The molecule has 34 heavy (non-hydrogen) atoms. The summed E-state index contributed by atoms with van der Waals surface area (Å²) >= 11 is 1.57. The SMILES string of the molecule is CCOC(OCC)c1ccccc1C(=O)c1c(-c2ccc(OC)cc2)sc2cc(OC)ccc12. The first-order valence-electron chi connectivity index (χ1n) is 11.2. The monoisotopic (exact) mass is 476 g/mol. The van der Waals surface area contributed by atoms with Crippen LogP contribution in [0.3, 0.4) is 0 Å². The molecule has 0 aliphatic rings. The van der Waals surface area contributed by atoms with Crippen molar-refractivity contribution in [2.75, 3.05) is 27.4 Å². The van der Waals surface area contributed by atoms with Gasteiger partial charge in [-0.05, 0) is 61.9 Å². The molecule has 176 valence electrons. The van der Waals surface area contributed by atoms with E-state index in [0.29, 0.717) is 24.3 Å². The number of ether oxygens (including phenoxy) is 4. The minimum atomic E-state index is -0.607. The lowest BCUT2D eigenvalue weighted by Gasteiger charge is -2.20. The summed E-state index contributed by atoms with van der Waals surface area (Å²) in [5.74, 6) is 1.45. The third kappa shape index (κ3) is 4.71. The largest absolute Gasteiger partial charge is 0.497 e. The number of carbonyl (C=O) groups excluding carboxylic acids is 1. The first kappa shape index (κ1) is 24.0. The average Bonchev–Trinajstić information content (AvgIpc) is 3.26. The van der Waals surface area contributed by atoms with Gasteiger partial charge in [-0.3, -0.25) is 4.79 Å². The molecule has 0 aliphatic carbocycles. The second kappa shape index (κ2) is 10.8. The number of hydrogen-bond acceptors (Lipinski definition) is 6. The van der Waals surface area contributed by atoms with Crippen molar-refractivity contribution in [3.05, 3.63) is 83.4 Å². The number of rotatable bonds is 10. The van der Waals surface area contributed by atoms with Crippen molar-refractivity contribution in [1.82, 2.24) is 0 Å². The summed E-state index contributed by atoms with van der Waals surface area (Å²) in [5, 5.41) is 0.890. The van der Waals surface area contributed by atoms with Crippen molar-refractivity contribution in [3.63, 3.8) is 0 Å². The highest BCUT2D eigenvalue weighted by atomic mass is 32.1. The zero-order valence-electron chi connectivity index (χ0n) is 19.8. The van der Waals surface area contributed by atoms with Crippen molar-refractivity contribution in [2.45, 2.75) is 20.1 Å². The van der Waals surface area contributed by atoms with Crippen LogP contribution in [0.5, 0.6) is 11.5 Å². The molecule has 0 N–H and O–H groups in total. The van der Waals surface area contributed by atoms with Gasteiger partial charge in [0.15, 0.2) is 12.1 Å². The van der Waals surface area contributed by atoms with Crippen LogP contribution in [0.15, 0.2) is 66.7 Å². The molecule has 4 rings (SSSR count). The van der Waals surface area contributed by atoms with Crippen LogP contribution in [-0.2, 0) is 9.47 Å². The van der Waals surface area contributed by atoms with Crippen molar-refractivity contribution < 1.29 is 23.7 Å². The molecule has 0 saturated carbocycles. The van der Waals surface area contributed by atoms with E-state index < -0.39 is 6.29 Å². The fraction of sp³-hybridized carbons (Fsp3) is 0.250. The zero-order valence-corrected chi connectivity index (χ0v) is 20.6. The minimum absolute atomic E-state index is 0.0674. The van der Waals surface area contributed by atoms with Gasteiger partial charge in [0.1, 0.15) is 11.5 Å². The maximum atomic E-state index is 14.2. The summed E-state index contributed by atoms with van der Waals surface area (Å²) in [6, 6.07) is 21.1. The van der Waals surface area contributed by atoms with Gasteiger partial charge in [-0.15, -0.1) is 11.3 Å². The van der Waals surface area contributed by atoms with Gasteiger partial charge < -0.3 is 18.9 Å². The van der Waals surface area contributed by atoms with E-state index in [1.807, 2.05) is 80.6 Å². The standard InChI is InChI=1S/C28H28O5S/c1-5-32-28(33-6-2)22-10-8-7-9-21(22)26(29)25-23-16-15-20(31-4)17-24(23)34-27(25)18-11-13-19(30-3)14-12-18/h7-17,28H,5-6H2,1-4H3. The number of fused-ring (bicyclic) bond motifs is 1. The molecule has 0 aliphatic heterocycles. The highest BCUT2D eigenvalue weighted by molar-refractivity contribution is 7.22. The average molecular weight is 477 g/mol. The molecule has 5 nitrogen and oxygen atoms in total. The van der Waals surface area contributed by atoms with Gasteiger partial charge >= 0.3 is 0 Å². The Morgan fingerprint density at radius 1 is 0.853 bits per heavy atom. The highest BCUT2D eigenvalue weighted by Crippen LogP contribution is 2.42. The van der Waals surface area contributed by atoms with E-state index in [1.54, 1.807) is 25.6 Å². The number of carbonyl (C=O) groups is 1. The Balaban J connectivity index is 1.91. The fourth-order valence-electron chi connectivity index (χ4n) is 3.95. The van der Waals surface area contributed by atoms with Gasteiger partial charge in [-0.25, -0.2) is 0 Å². The lowest BCUT2D eigenvalue weighted by molar-refractivity contribution is -0.140. The summed E-state index contributed by atoms with van der Waals surface area (Å²) in [7, 11) is 3.28. The number of methoxy groups -OCH3 is 2. The predicted molar refractivity (Wildman–Crippen MR) is 136 cm³/mol. The van der Waals surface area contributed by atoms with Crippen LogP contribution in [-0.4, -0.2) is 33.2 Å². The fourth-order valence-corrected chi connectivity index (χ4v) is 5.18. The molecular formula is C28H28O5S. The Kier molecular flexibility index (Phi) is 7.63. The first-order chi connectivity index (χ1) is 16.6. The maximum absolute atomic E-state index is 14.2. The van der Waals surface area contributed by atoms with E-state index in [-0.39, 0.29) is 5.78 Å². The summed E-state index contributed by atoms with van der Waals surface area (Å²) in [4.78, 5) is 15.1. The maximum Gasteiger partial charge on any atom is 0.195 e. The Hall–Kier alpha value is -3.19. The molecule has 6 heteroatoms. The van der Waals surface area contributed by atoms with E-state index in [1.165, 1.54) is 0 Å². The Morgan fingerprint density at radius 3 is 2.15 bits per heavy atom. The molecule has 0 saturated heterocycles. The van der Waals surface area contributed by atoms with Crippen LogP contribution >= 0.6 is 11.3 Å². The first-order valence-corrected chi connectivity index (χ1v) is 12.0. The Bertz CT molecular complexity index is 1270. The molecule has 0 amide bonds. The molecule has 1 aromatic heterocycles. The second-order valence-electron chi connectivity index (χ2n) is 7.56. The molecule has 0 radical (unpaired) electrons. The molecule has 1 heterocycles. The molecule has 0 spiro atoms. The van der Waals surface area contributed by atoms with Crippen molar-refractivity contribution in [1.29, 1.82) is 0 Å². The molecule has 0 fully saturated rings. The van der Waals surface area contributed by atoms with Crippen molar-refractivity contribution >= 4 is 27.2 Å². The Morgan fingerprint density at radius 2 is 1.50 bits per heavy atom. The van der Waals surface area contributed by atoms with E-state index in [9.17, 15) is 4.79 Å². The highest BCUT2D eigenvalue weighted by Gasteiger charge is 2.26. The van der Waals surface area contributed by atoms with Gasteiger partial charge in [-0.1, -0.05) is 24.3 Å². The van der Waals surface area contributed by atoms with E-state index >= 15 is 0 Å². The van der Waals surface area contributed by atoms with Crippen LogP contribution in [0, 0.1) is 0 Å². The van der Waals surface area contributed by atoms with Gasteiger partial charge in [0.05, 0.1) is 14.2 Å². The lowest BCUT2D eigenvalue weighted by Crippen LogP contribution is -2.14. The third-order valence-electron chi connectivity index (χ3n) is 5.57. The topological polar surface area (TPSA) is 54.0 Å². The Labute approximate surface area is 203 Å². The number of hydrogen-bond donors (Lipinski definition) is 0.